The SMILES string of the molecule is [C-]#[N+]c1ccc(-c2cccc(-n3c4ccccc4c4ccccc43)c2)cc1-c1ccccc1-n1c2ccc(C#N)cc2c2c([N+]#[C-])cccc21. The Morgan fingerprint density at radius 1 is 0.480 bits per heavy atom. The van der Waals surface area contributed by atoms with Crippen LogP contribution in [0.5, 0.6) is 0 Å². The number of hydrogen-bond acceptors (Lipinski definition) is 1. The van der Waals surface area contributed by atoms with E-state index in [0.29, 0.717) is 16.9 Å². The summed E-state index contributed by atoms with van der Waals surface area (Å²) in [4.78, 5) is 7.80. The molecule has 0 amide bonds. The molecular formula is C45H25N5. The Labute approximate surface area is 288 Å². The van der Waals surface area contributed by atoms with Crippen molar-refractivity contribution in [2.24, 2.45) is 0 Å². The summed E-state index contributed by atoms with van der Waals surface area (Å²) in [5.74, 6) is 0. The van der Waals surface area contributed by atoms with Gasteiger partial charge in [-0.3, -0.25) is 0 Å². The first kappa shape index (κ1) is 28.8. The Kier molecular flexibility index (Phi) is 6.56. The van der Waals surface area contributed by atoms with E-state index >= 15 is 0 Å². The van der Waals surface area contributed by atoms with E-state index in [9.17, 15) is 5.26 Å². The van der Waals surface area contributed by atoms with Gasteiger partial charge in [0.05, 0.1) is 47.0 Å². The lowest BCUT2D eigenvalue weighted by molar-refractivity contribution is 1.18. The van der Waals surface area contributed by atoms with Crippen LogP contribution in [0.25, 0.3) is 86.9 Å². The second-order valence-electron chi connectivity index (χ2n) is 12.2. The number of fused-ring (bicyclic) bond motifs is 6. The van der Waals surface area contributed by atoms with E-state index in [1.165, 1.54) is 10.8 Å². The maximum absolute atomic E-state index is 9.71. The van der Waals surface area contributed by atoms with Gasteiger partial charge < -0.3 is 9.13 Å². The second-order valence-corrected chi connectivity index (χ2v) is 12.2. The zero-order chi connectivity index (χ0) is 33.8. The van der Waals surface area contributed by atoms with Gasteiger partial charge in [0.25, 0.3) is 0 Å². The zero-order valence-corrected chi connectivity index (χ0v) is 26.7. The first-order chi connectivity index (χ1) is 24.7. The number of para-hydroxylation sites is 3. The van der Waals surface area contributed by atoms with E-state index in [1.807, 2.05) is 60.7 Å². The van der Waals surface area contributed by atoms with Gasteiger partial charge in [0, 0.05) is 27.4 Å². The molecule has 0 aliphatic carbocycles. The van der Waals surface area contributed by atoms with Crippen LogP contribution < -0.4 is 0 Å². The van der Waals surface area contributed by atoms with Crippen LogP contribution in [0.2, 0.25) is 0 Å². The molecule has 0 N–H and O–H groups in total. The quantitative estimate of drug-likeness (QED) is 0.177. The highest BCUT2D eigenvalue weighted by Crippen LogP contribution is 2.43. The minimum absolute atomic E-state index is 0.533. The van der Waals surface area contributed by atoms with E-state index in [2.05, 4.69) is 116 Å². The minimum Gasteiger partial charge on any atom is -0.310 e. The van der Waals surface area contributed by atoms with E-state index in [0.717, 1.165) is 66.5 Å². The first-order valence-electron chi connectivity index (χ1n) is 16.2. The minimum atomic E-state index is 0.533. The molecule has 0 unspecified atom stereocenters. The Hall–Kier alpha value is -7.39. The topological polar surface area (TPSA) is 42.4 Å². The summed E-state index contributed by atoms with van der Waals surface area (Å²) in [5, 5.41) is 13.8. The molecule has 0 fully saturated rings. The smallest absolute Gasteiger partial charge is 0.197 e. The molecule has 2 heterocycles. The van der Waals surface area contributed by atoms with Gasteiger partial charge in [-0.2, -0.15) is 5.26 Å². The summed E-state index contributed by atoms with van der Waals surface area (Å²) in [5.41, 5.74) is 11.4. The molecule has 0 atom stereocenters. The number of nitriles is 1. The lowest BCUT2D eigenvalue weighted by atomic mass is 9.96. The van der Waals surface area contributed by atoms with E-state index in [1.54, 1.807) is 0 Å². The van der Waals surface area contributed by atoms with Crippen LogP contribution in [0.4, 0.5) is 11.4 Å². The third-order valence-electron chi connectivity index (χ3n) is 9.59. The van der Waals surface area contributed by atoms with Crippen LogP contribution in [0, 0.1) is 24.5 Å². The summed E-state index contributed by atoms with van der Waals surface area (Å²) < 4.78 is 4.47. The first-order valence-corrected chi connectivity index (χ1v) is 16.2. The van der Waals surface area contributed by atoms with Gasteiger partial charge in [-0.15, -0.1) is 0 Å². The molecule has 0 aliphatic rings. The van der Waals surface area contributed by atoms with Crippen LogP contribution in [-0.2, 0) is 0 Å². The summed E-state index contributed by atoms with van der Waals surface area (Å²) in [6.45, 7) is 16.1. The molecule has 5 heteroatoms. The molecule has 7 aromatic carbocycles. The van der Waals surface area contributed by atoms with Crippen molar-refractivity contribution in [3.8, 4) is 39.7 Å². The van der Waals surface area contributed by atoms with Crippen LogP contribution in [0.15, 0.2) is 152 Å². The number of aromatic nitrogens is 2. The maximum atomic E-state index is 9.71. The normalized spacial score (nSPS) is 11.1. The van der Waals surface area contributed by atoms with E-state index in [-0.39, 0.29) is 0 Å². The Morgan fingerprint density at radius 2 is 1.14 bits per heavy atom. The van der Waals surface area contributed by atoms with Gasteiger partial charge in [0.2, 0.25) is 0 Å². The molecule has 5 nitrogen and oxygen atoms in total. The summed E-state index contributed by atoms with van der Waals surface area (Å²) in [6.07, 6.45) is 0. The molecule has 2 aromatic heterocycles. The van der Waals surface area contributed by atoms with Crippen molar-refractivity contribution in [2.75, 3.05) is 0 Å². The van der Waals surface area contributed by atoms with Gasteiger partial charge in [0.1, 0.15) is 0 Å². The Balaban J connectivity index is 1.25. The lowest BCUT2D eigenvalue weighted by Crippen LogP contribution is -1.97. The van der Waals surface area contributed by atoms with Crippen molar-refractivity contribution >= 4 is 55.0 Å². The van der Waals surface area contributed by atoms with Crippen molar-refractivity contribution in [3.05, 3.63) is 180 Å². The highest BCUT2D eigenvalue weighted by Gasteiger charge is 2.20. The number of rotatable bonds is 4. The lowest BCUT2D eigenvalue weighted by Gasteiger charge is -2.16. The van der Waals surface area contributed by atoms with Crippen LogP contribution in [0.3, 0.4) is 0 Å². The standard InChI is InChI=1S/C45H25N5/c1-47-38-23-22-31(30-11-9-12-32(26-30)49-40-17-6-3-13-33(40)34-14-4-7-18-41(34)49)27-36(38)35-15-5-8-19-42(35)50-43-24-21-29(28-46)25-37(43)45-39(48-2)16-10-20-44(45)50/h3-27H. The monoisotopic (exact) mass is 635 g/mol. The molecule has 9 aromatic rings. The zero-order valence-electron chi connectivity index (χ0n) is 26.7. The fourth-order valence-corrected chi connectivity index (χ4v) is 7.42. The average molecular weight is 636 g/mol. The number of nitrogens with zero attached hydrogens (tertiary/aromatic N) is 5. The Bertz CT molecular complexity index is 2920. The van der Waals surface area contributed by atoms with Gasteiger partial charge in [-0.25, -0.2) is 9.69 Å². The molecule has 0 aliphatic heterocycles. The molecular weight excluding hydrogens is 611 g/mol. The van der Waals surface area contributed by atoms with Gasteiger partial charge in [0.15, 0.2) is 11.4 Å². The van der Waals surface area contributed by atoms with Gasteiger partial charge in [-0.05, 0) is 82.2 Å². The van der Waals surface area contributed by atoms with Crippen LogP contribution in [-0.4, -0.2) is 9.13 Å². The molecule has 230 valence electrons. The highest BCUT2D eigenvalue weighted by atomic mass is 15.0. The van der Waals surface area contributed by atoms with Crippen molar-refractivity contribution in [1.29, 1.82) is 5.26 Å². The third-order valence-corrected chi connectivity index (χ3v) is 9.59. The molecule has 0 spiro atoms. The van der Waals surface area contributed by atoms with E-state index in [4.69, 9.17) is 13.1 Å². The maximum Gasteiger partial charge on any atom is 0.197 e. The third kappa shape index (κ3) is 4.31. The average Bonchev–Trinajstić information content (AvgIpc) is 3.70. The molecule has 0 bridgehead atoms. The predicted octanol–water partition coefficient (Wildman–Crippen LogP) is 12.2. The Morgan fingerprint density at radius 3 is 1.90 bits per heavy atom. The number of hydrogen-bond donors (Lipinski definition) is 0. The van der Waals surface area contributed by atoms with Crippen LogP contribution in [0.1, 0.15) is 5.56 Å². The highest BCUT2D eigenvalue weighted by molar-refractivity contribution is 6.16. The van der Waals surface area contributed by atoms with Crippen molar-refractivity contribution in [2.45, 2.75) is 0 Å². The molecule has 9 rings (SSSR count). The van der Waals surface area contributed by atoms with E-state index < -0.39 is 0 Å². The largest absolute Gasteiger partial charge is 0.310 e. The number of benzene rings is 7. The summed E-state index contributed by atoms with van der Waals surface area (Å²) >= 11 is 0. The van der Waals surface area contributed by atoms with Gasteiger partial charge >= 0.3 is 0 Å². The van der Waals surface area contributed by atoms with Crippen molar-refractivity contribution in [3.63, 3.8) is 0 Å². The van der Waals surface area contributed by atoms with Crippen molar-refractivity contribution in [1.82, 2.24) is 9.13 Å². The fourth-order valence-electron chi connectivity index (χ4n) is 7.42. The van der Waals surface area contributed by atoms with Gasteiger partial charge in [-0.1, -0.05) is 97.1 Å². The molecule has 0 saturated carbocycles. The predicted molar refractivity (Wildman–Crippen MR) is 203 cm³/mol. The second kappa shape index (κ2) is 11.4. The molecule has 0 radical (unpaired) electrons. The summed E-state index contributed by atoms with van der Waals surface area (Å²) in [7, 11) is 0. The molecule has 0 saturated heterocycles. The summed E-state index contributed by atoms with van der Waals surface area (Å²) in [6, 6.07) is 53.3. The van der Waals surface area contributed by atoms with Crippen molar-refractivity contribution < 1.29 is 0 Å². The fraction of sp³-hybridized carbons (Fsp3) is 0. The van der Waals surface area contributed by atoms with Crippen LogP contribution >= 0.6 is 0 Å². The molecule has 50 heavy (non-hydrogen) atoms.